The molecular weight excluding hydrogens is 406 g/mol. The summed E-state index contributed by atoms with van der Waals surface area (Å²) in [5.41, 5.74) is 4.02. The van der Waals surface area contributed by atoms with E-state index in [1.165, 1.54) is 16.9 Å². The van der Waals surface area contributed by atoms with Crippen LogP contribution in [-0.4, -0.2) is 28.1 Å². The number of aliphatic hydroxyl groups is 1. The first-order valence-electron chi connectivity index (χ1n) is 9.48. The maximum absolute atomic E-state index is 12.6. The summed E-state index contributed by atoms with van der Waals surface area (Å²) in [6, 6.07) is 14.7. The third-order valence-corrected chi connectivity index (χ3v) is 5.57. The third kappa shape index (κ3) is 5.79. The van der Waals surface area contributed by atoms with Crippen molar-refractivity contribution < 1.29 is 9.90 Å². The van der Waals surface area contributed by atoms with Crippen LogP contribution in [0.2, 0.25) is 5.02 Å². The van der Waals surface area contributed by atoms with Crippen LogP contribution in [0.3, 0.4) is 0 Å². The van der Waals surface area contributed by atoms with Crippen LogP contribution in [0.5, 0.6) is 0 Å². The lowest BCUT2D eigenvalue weighted by atomic mass is 10.1. The number of benzene rings is 2. The van der Waals surface area contributed by atoms with E-state index in [0.717, 1.165) is 23.2 Å². The first-order chi connectivity index (χ1) is 14.0. The van der Waals surface area contributed by atoms with Gasteiger partial charge in [-0.25, -0.2) is 4.98 Å². The molecule has 1 aromatic heterocycles. The van der Waals surface area contributed by atoms with E-state index in [2.05, 4.69) is 34.7 Å². The molecule has 0 unspecified atom stereocenters. The van der Waals surface area contributed by atoms with E-state index in [1.54, 1.807) is 19.1 Å². The predicted molar refractivity (Wildman–Crippen MR) is 119 cm³/mol. The number of hydrogen-bond acceptors (Lipinski definition) is 5. The van der Waals surface area contributed by atoms with E-state index in [1.807, 2.05) is 29.6 Å². The molecule has 0 saturated carbocycles. The first-order valence-corrected chi connectivity index (χ1v) is 10.7. The van der Waals surface area contributed by atoms with Crippen molar-refractivity contribution in [3.05, 3.63) is 70.1 Å². The van der Waals surface area contributed by atoms with Crippen molar-refractivity contribution in [3.63, 3.8) is 0 Å². The van der Waals surface area contributed by atoms with Crippen LogP contribution in [0.25, 0.3) is 11.3 Å². The Labute approximate surface area is 179 Å². The number of aryl methyl sites for hydroxylation is 1. The van der Waals surface area contributed by atoms with Crippen LogP contribution in [0.1, 0.15) is 25.0 Å². The number of hydrogen-bond donors (Lipinski definition) is 3. The Bertz CT molecular complexity index is 957. The fraction of sp³-hybridized carbons (Fsp3) is 0.273. The molecule has 0 bridgehead atoms. The topological polar surface area (TPSA) is 74.2 Å². The zero-order chi connectivity index (χ0) is 20.8. The second-order valence-electron chi connectivity index (χ2n) is 6.80. The van der Waals surface area contributed by atoms with E-state index in [-0.39, 0.29) is 5.91 Å². The van der Waals surface area contributed by atoms with Crippen molar-refractivity contribution in [2.45, 2.75) is 39.0 Å². The molecule has 152 valence electrons. The van der Waals surface area contributed by atoms with Gasteiger partial charge in [-0.3, -0.25) is 4.79 Å². The number of carbonyl (C=O) groups is 1. The number of rotatable bonds is 8. The van der Waals surface area contributed by atoms with Gasteiger partial charge in [-0.05, 0) is 36.6 Å². The van der Waals surface area contributed by atoms with Gasteiger partial charge in [0.25, 0.3) is 0 Å². The minimum absolute atomic E-state index is 0.302. The van der Waals surface area contributed by atoms with Crippen molar-refractivity contribution >= 4 is 34.0 Å². The Morgan fingerprint density at radius 1 is 1.21 bits per heavy atom. The molecule has 3 N–H and O–H groups in total. The van der Waals surface area contributed by atoms with Crippen LogP contribution in [-0.2, 0) is 17.8 Å². The summed E-state index contributed by atoms with van der Waals surface area (Å²) in [6.45, 7) is 4.03. The summed E-state index contributed by atoms with van der Waals surface area (Å²) in [4.78, 5) is 17.2. The van der Waals surface area contributed by atoms with E-state index in [0.29, 0.717) is 16.7 Å². The van der Waals surface area contributed by atoms with Crippen molar-refractivity contribution in [1.82, 2.24) is 10.3 Å². The lowest BCUT2D eigenvalue weighted by Crippen LogP contribution is -2.45. The van der Waals surface area contributed by atoms with Gasteiger partial charge in [0.15, 0.2) is 5.13 Å². The second-order valence-corrected chi connectivity index (χ2v) is 8.09. The summed E-state index contributed by atoms with van der Waals surface area (Å²) in [7, 11) is 0. The van der Waals surface area contributed by atoms with Crippen LogP contribution >= 0.6 is 22.9 Å². The van der Waals surface area contributed by atoms with E-state index in [4.69, 9.17) is 11.6 Å². The first kappa shape index (κ1) is 21.3. The Kier molecular flexibility index (Phi) is 7.25. The quantitative estimate of drug-likeness (QED) is 0.492. The molecule has 0 spiro atoms. The van der Waals surface area contributed by atoms with Crippen molar-refractivity contribution in [2.75, 3.05) is 5.32 Å². The van der Waals surface area contributed by atoms with Crippen molar-refractivity contribution in [1.29, 1.82) is 0 Å². The molecule has 1 heterocycles. The zero-order valence-corrected chi connectivity index (χ0v) is 17.9. The number of nitrogens with zero attached hydrogens (tertiary/aromatic N) is 1. The minimum Gasteiger partial charge on any atom is -0.391 e. The molecule has 0 fully saturated rings. The largest absolute Gasteiger partial charge is 0.391 e. The smallest absolute Gasteiger partial charge is 0.245 e. The average molecular weight is 430 g/mol. The van der Waals surface area contributed by atoms with Gasteiger partial charge >= 0.3 is 0 Å². The number of halogens is 1. The monoisotopic (exact) mass is 429 g/mol. The molecule has 0 aliphatic heterocycles. The fourth-order valence-corrected chi connectivity index (χ4v) is 3.84. The molecule has 7 heteroatoms. The molecule has 29 heavy (non-hydrogen) atoms. The average Bonchev–Trinajstić information content (AvgIpc) is 3.19. The lowest BCUT2D eigenvalue weighted by molar-refractivity contribution is -0.123. The second kappa shape index (κ2) is 9.87. The highest BCUT2D eigenvalue weighted by atomic mass is 35.5. The summed E-state index contributed by atoms with van der Waals surface area (Å²) < 4.78 is 0. The molecule has 2 atom stereocenters. The number of anilines is 1. The van der Waals surface area contributed by atoms with Gasteiger partial charge in [0.2, 0.25) is 5.91 Å². The van der Waals surface area contributed by atoms with E-state index in [9.17, 15) is 9.90 Å². The standard InChI is InChI=1S/C22H24ClN3O2S/c1-3-15-7-9-17(10-8-15)19-13-29-22(25-19)26-20(14(2)27)21(28)24-12-16-5-4-6-18(23)11-16/h4-11,13-14,20,27H,3,12H2,1-2H3,(H,24,28)(H,25,26)/t14-,20+/m1/s1. The van der Waals surface area contributed by atoms with Gasteiger partial charge in [0.1, 0.15) is 6.04 Å². The number of carbonyl (C=O) groups excluding carboxylic acids is 1. The summed E-state index contributed by atoms with van der Waals surface area (Å²) in [6.07, 6.45) is 0.107. The van der Waals surface area contributed by atoms with Crippen LogP contribution in [0.15, 0.2) is 53.9 Å². The number of aliphatic hydroxyl groups excluding tert-OH is 1. The molecule has 5 nitrogen and oxygen atoms in total. The maximum atomic E-state index is 12.6. The van der Waals surface area contributed by atoms with Gasteiger partial charge in [0.05, 0.1) is 11.8 Å². The molecule has 3 aromatic rings. The highest BCUT2D eigenvalue weighted by Crippen LogP contribution is 2.26. The van der Waals surface area contributed by atoms with Crippen LogP contribution in [0, 0.1) is 0 Å². The Morgan fingerprint density at radius 3 is 2.62 bits per heavy atom. The molecule has 0 radical (unpaired) electrons. The van der Waals surface area contributed by atoms with Gasteiger partial charge in [-0.1, -0.05) is 54.9 Å². The number of amides is 1. The molecule has 3 rings (SSSR count). The number of aromatic nitrogens is 1. The van der Waals surface area contributed by atoms with Gasteiger partial charge in [0, 0.05) is 22.5 Å². The van der Waals surface area contributed by atoms with E-state index < -0.39 is 12.1 Å². The predicted octanol–water partition coefficient (Wildman–Crippen LogP) is 4.50. The fourth-order valence-electron chi connectivity index (χ4n) is 2.87. The summed E-state index contributed by atoms with van der Waals surface area (Å²) in [5.74, 6) is -0.302. The zero-order valence-electron chi connectivity index (χ0n) is 16.4. The van der Waals surface area contributed by atoms with Crippen LogP contribution in [0.4, 0.5) is 5.13 Å². The van der Waals surface area contributed by atoms with Crippen molar-refractivity contribution in [3.8, 4) is 11.3 Å². The lowest BCUT2D eigenvalue weighted by Gasteiger charge is -2.20. The summed E-state index contributed by atoms with van der Waals surface area (Å²) in [5, 5.41) is 19.1. The molecule has 0 aliphatic carbocycles. The van der Waals surface area contributed by atoms with Gasteiger partial charge in [-0.2, -0.15) is 0 Å². The Hall–Kier alpha value is -2.41. The maximum Gasteiger partial charge on any atom is 0.245 e. The Morgan fingerprint density at radius 2 is 1.97 bits per heavy atom. The molecule has 2 aromatic carbocycles. The van der Waals surface area contributed by atoms with Crippen molar-refractivity contribution in [2.24, 2.45) is 0 Å². The third-order valence-electron chi connectivity index (χ3n) is 4.56. The molecule has 1 amide bonds. The summed E-state index contributed by atoms with van der Waals surface area (Å²) >= 11 is 7.38. The van der Waals surface area contributed by atoms with E-state index >= 15 is 0 Å². The minimum atomic E-state index is -0.884. The molecular formula is C22H24ClN3O2S. The number of thiazole rings is 1. The van der Waals surface area contributed by atoms with Crippen LogP contribution < -0.4 is 10.6 Å². The highest BCUT2D eigenvalue weighted by Gasteiger charge is 2.24. The SMILES string of the molecule is CCc1ccc(-c2csc(N[C@H](C(=O)NCc3cccc(Cl)c3)[C@@H](C)O)n2)cc1. The molecule has 0 aliphatic rings. The van der Waals surface area contributed by atoms with Gasteiger partial charge in [-0.15, -0.1) is 11.3 Å². The normalized spacial score (nSPS) is 13.0. The highest BCUT2D eigenvalue weighted by molar-refractivity contribution is 7.14. The van der Waals surface area contributed by atoms with Gasteiger partial charge < -0.3 is 15.7 Å². The number of nitrogens with one attached hydrogen (secondary N) is 2. The Balaban J connectivity index is 1.65. The molecule has 0 saturated heterocycles.